The lowest BCUT2D eigenvalue weighted by Crippen LogP contribution is -2.14. The molecule has 1 aromatic rings. The Bertz CT molecular complexity index is 284. The van der Waals surface area contributed by atoms with Crippen molar-refractivity contribution < 1.29 is 4.74 Å². The van der Waals surface area contributed by atoms with Crippen LogP contribution in [0.25, 0.3) is 0 Å². The zero-order chi connectivity index (χ0) is 11.3. The van der Waals surface area contributed by atoms with E-state index in [1.165, 1.54) is 5.56 Å². The molecule has 1 rings (SSSR count). The van der Waals surface area contributed by atoms with Crippen molar-refractivity contribution in [3.63, 3.8) is 0 Å². The molecular weight excluding hydrogens is 254 g/mol. The Morgan fingerprint density at radius 3 is 2.33 bits per heavy atom. The largest absolute Gasteiger partial charge is 0.491 e. The third kappa shape index (κ3) is 4.67. The fraction of sp³-hybridized carbons (Fsp3) is 0.500. The number of hydrogen-bond donors (Lipinski definition) is 0. The summed E-state index contributed by atoms with van der Waals surface area (Å²) in [4.78, 5) is 2.19. The van der Waals surface area contributed by atoms with Gasteiger partial charge in [-0.2, -0.15) is 0 Å². The highest BCUT2D eigenvalue weighted by Crippen LogP contribution is 2.14. The normalized spacial score (nSPS) is 11.1. The summed E-state index contributed by atoms with van der Waals surface area (Å²) >= 11 is 3.42. The zero-order valence-electron chi connectivity index (χ0n) is 9.53. The maximum Gasteiger partial charge on any atom is 0.119 e. The van der Waals surface area contributed by atoms with Gasteiger partial charge in [0.2, 0.25) is 0 Å². The van der Waals surface area contributed by atoms with Crippen molar-refractivity contribution in [2.45, 2.75) is 26.5 Å². The van der Waals surface area contributed by atoms with Gasteiger partial charge in [0, 0.05) is 6.54 Å². The van der Waals surface area contributed by atoms with Gasteiger partial charge in [-0.15, -0.1) is 0 Å². The minimum absolute atomic E-state index is 0.237. The number of ether oxygens (including phenoxy) is 1. The summed E-state index contributed by atoms with van der Waals surface area (Å²) < 4.78 is 5.58. The molecule has 2 nitrogen and oxygen atoms in total. The van der Waals surface area contributed by atoms with Crippen molar-refractivity contribution in [1.82, 2.24) is 4.90 Å². The van der Waals surface area contributed by atoms with Crippen molar-refractivity contribution in [3.8, 4) is 5.75 Å². The Labute approximate surface area is 100 Å². The van der Waals surface area contributed by atoms with Crippen LogP contribution >= 0.6 is 15.9 Å². The first-order valence-electron chi connectivity index (χ1n) is 5.12. The third-order valence-electron chi connectivity index (χ3n) is 1.95. The standard InChI is InChI=1S/C12H18BrNO/c1-10(2)15-12-6-4-11(5-7-12)8-14(3)9-13/h4-7,10H,8-9H2,1-3H3. The molecule has 0 saturated carbocycles. The highest BCUT2D eigenvalue weighted by molar-refractivity contribution is 9.09. The minimum Gasteiger partial charge on any atom is -0.491 e. The molecule has 0 aliphatic heterocycles. The van der Waals surface area contributed by atoms with E-state index >= 15 is 0 Å². The topological polar surface area (TPSA) is 12.5 Å². The van der Waals surface area contributed by atoms with Gasteiger partial charge in [0.05, 0.1) is 11.6 Å². The predicted octanol–water partition coefficient (Wildman–Crippen LogP) is 3.26. The molecule has 0 fully saturated rings. The number of rotatable bonds is 5. The SMILES string of the molecule is CC(C)Oc1ccc(CN(C)CBr)cc1. The lowest BCUT2D eigenvalue weighted by molar-refractivity contribution is 0.242. The molecule has 0 heterocycles. The molecule has 0 bridgehead atoms. The fourth-order valence-electron chi connectivity index (χ4n) is 1.30. The van der Waals surface area contributed by atoms with E-state index in [0.717, 1.165) is 17.7 Å². The van der Waals surface area contributed by atoms with E-state index in [1.807, 2.05) is 26.0 Å². The van der Waals surface area contributed by atoms with Gasteiger partial charge in [0.15, 0.2) is 0 Å². The number of alkyl halides is 1. The van der Waals surface area contributed by atoms with Gasteiger partial charge in [0.1, 0.15) is 5.75 Å². The van der Waals surface area contributed by atoms with Crippen LogP contribution < -0.4 is 4.74 Å². The zero-order valence-corrected chi connectivity index (χ0v) is 11.1. The van der Waals surface area contributed by atoms with Crippen LogP contribution in [0, 0.1) is 0 Å². The summed E-state index contributed by atoms with van der Waals surface area (Å²) in [7, 11) is 2.08. The van der Waals surface area contributed by atoms with Gasteiger partial charge in [0.25, 0.3) is 0 Å². The molecule has 0 saturated heterocycles. The Kier molecular flexibility index (Phi) is 5.12. The smallest absolute Gasteiger partial charge is 0.119 e. The maximum atomic E-state index is 5.58. The maximum absolute atomic E-state index is 5.58. The molecular formula is C12H18BrNO. The molecule has 0 spiro atoms. The van der Waals surface area contributed by atoms with Gasteiger partial charge in [-0.3, -0.25) is 4.90 Å². The molecule has 0 aliphatic rings. The van der Waals surface area contributed by atoms with Crippen LogP contribution in [0.3, 0.4) is 0 Å². The molecule has 0 aromatic heterocycles. The summed E-state index contributed by atoms with van der Waals surface area (Å²) in [6, 6.07) is 8.27. The quantitative estimate of drug-likeness (QED) is 0.602. The third-order valence-corrected chi connectivity index (χ3v) is 2.81. The molecule has 0 unspecified atom stereocenters. The second-order valence-corrected chi connectivity index (χ2v) is 4.45. The van der Waals surface area contributed by atoms with Crippen molar-refractivity contribution in [2.24, 2.45) is 0 Å². The van der Waals surface area contributed by atoms with Crippen molar-refractivity contribution in [1.29, 1.82) is 0 Å². The number of benzene rings is 1. The molecule has 0 amide bonds. The number of nitrogens with zero attached hydrogens (tertiary/aromatic N) is 1. The van der Waals surface area contributed by atoms with Crippen LogP contribution in [0.5, 0.6) is 5.75 Å². The fourth-order valence-corrected chi connectivity index (χ4v) is 1.48. The summed E-state index contributed by atoms with van der Waals surface area (Å²) in [5, 5.41) is 0. The molecule has 3 heteroatoms. The van der Waals surface area contributed by atoms with Crippen LogP contribution in [-0.4, -0.2) is 23.5 Å². The van der Waals surface area contributed by atoms with Crippen molar-refractivity contribution in [3.05, 3.63) is 29.8 Å². The van der Waals surface area contributed by atoms with Gasteiger partial charge in [-0.1, -0.05) is 28.1 Å². The summed E-state index contributed by atoms with van der Waals surface area (Å²) in [5.74, 6) is 0.940. The summed E-state index contributed by atoms with van der Waals surface area (Å²) in [6.45, 7) is 5.02. The minimum atomic E-state index is 0.237. The second-order valence-electron chi connectivity index (χ2n) is 3.94. The van der Waals surface area contributed by atoms with Crippen LogP contribution in [0.4, 0.5) is 0 Å². The Morgan fingerprint density at radius 1 is 1.27 bits per heavy atom. The summed E-state index contributed by atoms with van der Waals surface area (Å²) in [6.07, 6.45) is 0.237. The average molecular weight is 272 g/mol. The lowest BCUT2D eigenvalue weighted by Gasteiger charge is -2.14. The molecule has 0 atom stereocenters. The Hall–Kier alpha value is -0.540. The molecule has 1 aromatic carbocycles. The molecule has 0 N–H and O–H groups in total. The monoisotopic (exact) mass is 271 g/mol. The molecule has 15 heavy (non-hydrogen) atoms. The van der Waals surface area contributed by atoms with Crippen molar-refractivity contribution in [2.75, 3.05) is 12.5 Å². The highest BCUT2D eigenvalue weighted by atomic mass is 79.9. The van der Waals surface area contributed by atoms with Crippen LogP contribution in [0.2, 0.25) is 0 Å². The van der Waals surface area contributed by atoms with Gasteiger partial charge < -0.3 is 4.74 Å². The van der Waals surface area contributed by atoms with Crippen LogP contribution in [0.15, 0.2) is 24.3 Å². The average Bonchev–Trinajstić information content (AvgIpc) is 2.20. The van der Waals surface area contributed by atoms with E-state index in [0.29, 0.717) is 0 Å². The van der Waals surface area contributed by atoms with E-state index < -0.39 is 0 Å². The van der Waals surface area contributed by atoms with E-state index in [9.17, 15) is 0 Å². The Balaban J connectivity index is 2.56. The van der Waals surface area contributed by atoms with Gasteiger partial charge in [-0.25, -0.2) is 0 Å². The van der Waals surface area contributed by atoms with E-state index in [2.05, 4.69) is 40.0 Å². The predicted molar refractivity (Wildman–Crippen MR) is 67.5 cm³/mol. The van der Waals surface area contributed by atoms with E-state index in [1.54, 1.807) is 0 Å². The van der Waals surface area contributed by atoms with E-state index in [-0.39, 0.29) is 6.10 Å². The molecule has 0 aliphatic carbocycles. The molecule has 84 valence electrons. The first kappa shape index (κ1) is 12.5. The van der Waals surface area contributed by atoms with Crippen molar-refractivity contribution >= 4 is 15.9 Å². The van der Waals surface area contributed by atoms with Gasteiger partial charge in [-0.05, 0) is 38.6 Å². The first-order valence-corrected chi connectivity index (χ1v) is 6.24. The molecule has 0 radical (unpaired) electrons. The second kappa shape index (κ2) is 6.13. The number of halogens is 1. The van der Waals surface area contributed by atoms with Crippen LogP contribution in [0.1, 0.15) is 19.4 Å². The lowest BCUT2D eigenvalue weighted by atomic mass is 10.2. The van der Waals surface area contributed by atoms with Gasteiger partial charge >= 0.3 is 0 Å². The first-order chi connectivity index (χ1) is 7.11. The number of hydrogen-bond acceptors (Lipinski definition) is 2. The summed E-state index contributed by atoms with van der Waals surface area (Å²) in [5.41, 5.74) is 2.19. The van der Waals surface area contributed by atoms with Crippen LogP contribution in [-0.2, 0) is 6.54 Å². The van der Waals surface area contributed by atoms with E-state index in [4.69, 9.17) is 4.74 Å². The highest BCUT2D eigenvalue weighted by Gasteiger charge is 2.00. The Morgan fingerprint density at radius 2 is 1.87 bits per heavy atom.